The summed E-state index contributed by atoms with van der Waals surface area (Å²) in [4.78, 5) is 12.3. The van der Waals surface area contributed by atoms with Crippen molar-refractivity contribution in [1.82, 2.24) is 9.88 Å². The molecule has 0 saturated heterocycles. The maximum absolute atomic E-state index is 12.3. The van der Waals surface area contributed by atoms with Crippen molar-refractivity contribution in [3.05, 3.63) is 106 Å². The summed E-state index contributed by atoms with van der Waals surface area (Å²) >= 11 is 0. The molecule has 4 aromatic rings. The summed E-state index contributed by atoms with van der Waals surface area (Å²) in [5, 5.41) is 14.6. The highest BCUT2D eigenvalue weighted by Crippen LogP contribution is 2.27. The number of fused-ring (bicyclic) bond motifs is 1. The van der Waals surface area contributed by atoms with Gasteiger partial charge in [0.2, 0.25) is 0 Å². The normalized spacial score (nSPS) is 11.2. The van der Waals surface area contributed by atoms with Gasteiger partial charge in [-0.1, -0.05) is 72.3 Å². The van der Waals surface area contributed by atoms with Gasteiger partial charge in [-0.3, -0.25) is 0 Å². The Labute approximate surface area is 183 Å². The second kappa shape index (κ2) is 9.19. The van der Waals surface area contributed by atoms with E-state index in [0.717, 1.165) is 35.0 Å². The van der Waals surface area contributed by atoms with Gasteiger partial charge >= 0.3 is 5.97 Å². The molecule has 0 aliphatic rings. The van der Waals surface area contributed by atoms with Crippen molar-refractivity contribution in [1.29, 1.82) is 0 Å². The van der Waals surface area contributed by atoms with Crippen molar-refractivity contribution >= 4 is 16.9 Å². The Morgan fingerprint density at radius 3 is 2.39 bits per heavy atom. The smallest absolute Gasteiger partial charge is 0.352 e. The molecule has 0 bridgehead atoms. The van der Waals surface area contributed by atoms with E-state index in [4.69, 9.17) is 0 Å². The number of benzene rings is 3. The van der Waals surface area contributed by atoms with Gasteiger partial charge in [0.15, 0.2) is 0 Å². The lowest BCUT2D eigenvalue weighted by Gasteiger charge is -2.11. The molecule has 3 aromatic carbocycles. The quantitative estimate of drug-likeness (QED) is 0.384. The number of nitrogens with zero attached hydrogens (tertiary/aromatic N) is 1. The summed E-state index contributed by atoms with van der Waals surface area (Å²) in [6, 6.07) is 24.6. The first-order valence-corrected chi connectivity index (χ1v) is 10.7. The van der Waals surface area contributed by atoms with E-state index >= 15 is 0 Å². The minimum atomic E-state index is -0.890. The lowest BCUT2D eigenvalue weighted by Crippen LogP contribution is -2.19. The Morgan fingerprint density at radius 1 is 0.935 bits per heavy atom. The van der Waals surface area contributed by atoms with Crippen LogP contribution in [-0.4, -0.2) is 22.2 Å². The fourth-order valence-corrected chi connectivity index (χ4v) is 4.17. The lowest BCUT2D eigenvalue weighted by atomic mass is 10.1. The van der Waals surface area contributed by atoms with E-state index in [1.54, 1.807) is 0 Å². The maximum Gasteiger partial charge on any atom is 0.352 e. The molecule has 0 radical (unpaired) electrons. The largest absolute Gasteiger partial charge is 0.477 e. The van der Waals surface area contributed by atoms with Gasteiger partial charge in [-0.25, -0.2) is 4.79 Å². The molecule has 0 aliphatic heterocycles. The van der Waals surface area contributed by atoms with Crippen LogP contribution in [0.5, 0.6) is 0 Å². The summed E-state index contributed by atoms with van der Waals surface area (Å²) in [6.45, 7) is 6.02. The average Bonchev–Trinajstić information content (AvgIpc) is 3.07. The van der Waals surface area contributed by atoms with Gasteiger partial charge in [-0.2, -0.15) is 0 Å². The highest BCUT2D eigenvalue weighted by molar-refractivity contribution is 5.98. The van der Waals surface area contributed by atoms with E-state index in [-0.39, 0.29) is 0 Å². The molecule has 0 spiro atoms. The number of rotatable bonds is 8. The van der Waals surface area contributed by atoms with Crippen LogP contribution in [0.15, 0.2) is 72.8 Å². The van der Waals surface area contributed by atoms with Crippen molar-refractivity contribution < 1.29 is 9.90 Å². The molecule has 158 valence electrons. The van der Waals surface area contributed by atoms with Gasteiger partial charge in [-0.05, 0) is 49.6 Å². The van der Waals surface area contributed by atoms with Crippen molar-refractivity contribution in [3.8, 4) is 0 Å². The molecule has 1 heterocycles. The maximum atomic E-state index is 12.3. The number of carbonyl (C=O) groups is 1. The topological polar surface area (TPSA) is 54.3 Å². The zero-order valence-electron chi connectivity index (χ0n) is 18.1. The minimum Gasteiger partial charge on any atom is -0.477 e. The molecule has 4 heteroatoms. The second-order valence-electron chi connectivity index (χ2n) is 8.07. The van der Waals surface area contributed by atoms with E-state index in [1.165, 1.54) is 16.7 Å². The summed E-state index contributed by atoms with van der Waals surface area (Å²) in [7, 11) is 0. The van der Waals surface area contributed by atoms with E-state index in [9.17, 15) is 9.90 Å². The molecule has 4 rings (SSSR count). The molecular formula is C27H28N2O2. The summed E-state index contributed by atoms with van der Waals surface area (Å²) in [6.07, 6.45) is 0.914. The number of carboxylic acids is 1. The highest BCUT2D eigenvalue weighted by atomic mass is 16.4. The Hall–Kier alpha value is -3.37. The van der Waals surface area contributed by atoms with E-state index in [1.807, 2.05) is 34.9 Å². The molecule has 0 unspecified atom stereocenters. The van der Waals surface area contributed by atoms with Crippen molar-refractivity contribution in [3.63, 3.8) is 0 Å². The molecule has 1 aromatic heterocycles. The number of aromatic carboxylic acids is 1. The van der Waals surface area contributed by atoms with E-state index in [2.05, 4.69) is 61.6 Å². The fraction of sp³-hybridized carbons (Fsp3) is 0.222. The van der Waals surface area contributed by atoms with E-state index in [0.29, 0.717) is 18.8 Å². The van der Waals surface area contributed by atoms with Crippen LogP contribution in [0.25, 0.3) is 10.9 Å². The lowest BCUT2D eigenvalue weighted by molar-refractivity contribution is 0.0685. The number of hydrogen-bond acceptors (Lipinski definition) is 2. The van der Waals surface area contributed by atoms with Gasteiger partial charge in [-0.15, -0.1) is 0 Å². The van der Waals surface area contributed by atoms with Crippen LogP contribution in [-0.2, 0) is 19.5 Å². The van der Waals surface area contributed by atoms with Crippen molar-refractivity contribution in [2.24, 2.45) is 0 Å². The molecule has 2 N–H and O–H groups in total. The van der Waals surface area contributed by atoms with Gasteiger partial charge in [0, 0.05) is 29.6 Å². The third kappa shape index (κ3) is 4.54. The van der Waals surface area contributed by atoms with Gasteiger partial charge in [0.05, 0.1) is 0 Å². The molecule has 0 fully saturated rings. The SMILES string of the molecule is Cc1ccc(Cn2c(C(=O)O)c(CNCCc3ccccc3C)c3ccccc32)cc1. The first kappa shape index (κ1) is 20.9. The number of aromatic nitrogens is 1. The standard InChI is InChI=1S/C27H28N2O2/c1-19-11-13-21(14-12-19)18-29-25-10-6-5-9-23(25)24(26(29)27(30)31)17-28-16-15-22-8-4-3-7-20(22)2/h3-14,28H,15-18H2,1-2H3,(H,30,31). The number of carboxylic acid groups (broad SMARTS) is 1. The summed E-state index contributed by atoms with van der Waals surface area (Å²) in [5.74, 6) is -0.890. The van der Waals surface area contributed by atoms with Crippen LogP contribution in [0, 0.1) is 13.8 Å². The van der Waals surface area contributed by atoms with Crippen LogP contribution < -0.4 is 5.32 Å². The predicted octanol–water partition coefficient (Wildman–Crippen LogP) is 5.34. The second-order valence-corrected chi connectivity index (χ2v) is 8.07. The first-order chi connectivity index (χ1) is 15.0. The summed E-state index contributed by atoms with van der Waals surface area (Å²) < 4.78 is 1.93. The molecule has 31 heavy (non-hydrogen) atoms. The van der Waals surface area contributed by atoms with Crippen LogP contribution in [0.2, 0.25) is 0 Å². The molecule has 0 saturated carbocycles. The first-order valence-electron chi connectivity index (χ1n) is 10.7. The van der Waals surface area contributed by atoms with Crippen LogP contribution in [0.3, 0.4) is 0 Å². The third-order valence-corrected chi connectivity index (χ3v) is 5.87. The van der Waals surface area contributed by atoms with Crippen molar-refractivity contribution in [2.75, 3.05) is 6.54 Å². The Morgan fingerprint density at radius 2 is 1.65 bits per heavy atom. The minimum absolute atomic E-state index is 0.366. The molecule has 0 amide bonds. The van der Waals surface area contributed by atoms with Gasteiger partial charge in [0.1, 0.15) is 5.69 Å². The van der Waals surface area contributed by atoms with Crippen molar-refractivity contribution in [2.45, 2.75) is 33.4 Å². The molecule has 0 atom stereocenters. The predicted molar refractivity (Wildman–Crippen MR) is 126 cm³/mol. The van der Waals surface area contributed by atoms with Crippen LogP contribution in [0.1, 0.15) is 38.3 Å². The molecule has 4 nitrogen and oxygen atoms in total. The van der Waals surface area contributed by atoms with Crippen LogP contribution in [0.4, 0.5) is 0 Å². The number of aryl methyl sites for hydroxylation is 2. The zero-order chi connectivity index (χ0) is 21.8. The number of nitrogens with one attached hydrogen (secondary N) is 1. The molecule has 0 aliphatic carbocycles. The Balaban J connectivity index is 1.61. The molecular weight excluding hydrogens is 384 g/mol. The highest BCUT2D eigenvalue weighted by Gasteiger charge is 2.22. The number of hydrogen-bond donors (Lipinski definition) is 2. The summed E-state index contributed by atoms with van der Waals surface area (Å²) in [5.41, 5.74) is 7.05. The Bertz CT molecular complexity index is 1210. The zero-order valence-corrected chi connectivity index (χ0v) is 18.1. The van der Waals surface area contributed by atoms with Crippen LogP contribution >= 0.6 is 0 Å². The fourth-order valence-electron chi connectivity index (χ4n) is 4.17. The average molecular weight is 413 g/mol. The van der Waals surface area contributed by atoms with E-state index < -0.39 is 5.97 Å². The van der Waals surface area contributed by atoms with Gasteiger partial charge in [0.25, 0.3) is 0 Å². The third-order valence-electron chi connectivity index (χ3n) is 5.87. The van der Waals surface area contributed by atoms with Gasteiger partial charge < -0.3 is 15.0 Å². The Kier molecular flexibility index (Phi) is 6.19. The number of para-hydroxylation sites is 1. The monoisotopic (exact) mass is 412 g/mol.